The predicted molar refractivity (Wildman–Crippen MR) is 103 cm³/mol. The van der Waals surface area contributed by atoms with E-state index in [1.807, 2.05) is 60.7 Å². The van der Waals surface area contributed by atoms with Crippen molar-refractivity contribution in [3.63, 3.8) is 0 Å². The Kier molecular flexibility index (Phi) is 5.06. The van der Waals surface area contributed by atoms with Crippen molar-refractivity contribution in [3.05, 3.63) is 95.5 Å². The zero-order valence-electron chi connectivity index (χ0n) is 12.5. The summed E-state index contributed by atoms with van der Waals surface area (Å²) in [5, 5.41) is 0.739. The van der Waals surface area contributed by atoms with E-state index in [9.17, 15) is 0 Å². The molecule has 0 fully saturated rings. The molecule has 23 heavy (non-hydrogen) atoms. The number of benzene rings is 3. The summed E-state index contributed by atoms with van der Waals surface area (Å²) in [5.74, 6) is 0. The second-order valence-electron chi connectivity index (χ2n) is 5.20. The first-order valence-electron chi connectivity index (χ1n) is 7.41. The molecular formula is C20H16ClNS. The van der Waals surface area contributed by atoms with Crippen LogP contribution in [-0.4, -0.2) is 4.99 Å². The lowest BCUT2D eigenvalue weighted by Gasteiger charge is -2.25. The highest BCUT2D eigenvalue weighted by molar-refractivity contribution is 7.80. The van der Waals surface area contributed by atoms with Crippen LogP contribution < -0.4 is 4.90 Å². The second kappa shape index (κ2) is 7.40. The Morgan fingerprint density at radius 1 is 0.739 bits per heavy atom. The fourth-order valence-electron chi connectivity index (χ4n) is 2.45. The molecule has 0 heterocycles. The highest BCUT2D eigenvalue weighted by Crippen LogP contribution is 2.26. The summed E-state index contributed by atoms with van der Waals surface area (Å²) in [5.41, 5.74) is 3.28. The fraction of sp³-hybridized carbons (Fsp3) is 0.0500. The standard InChI is InChI=1S/C20H16ClNS/c21-17-13-11-16(12-14-17)15-20(23)22(18-7-3-1-4-8-18)19-9-5-2-6-10-19/h1-14H,15H2. The average molecular weight is 338 g/mol. The van der Waals surface area contributed by atoms with Gasteiger partial charge >= 0.3 is 0 Å². The number of nitrogens with zero attached hydrogens (tertiary/aromatic N) is 1. The van der Waals surface area contributed by atoms with Gasteiger partial charge in [0, 0.05) is 22.8 Å². The third-order valence-corrected chi connectivity index (χ3v) is 4.13. The van der Waals surface area contributed by atoms with Gasteiger partial charge in [-0.2, -0.15) is 0 Å². The fourth-order valence-corrected chi connectivity index (χ4v) is 2.95. The van der Waals surface area contributed by atoms with E-state index in [-0.39, 0.29) is 0 Å². The maximum absolute atomic E-state index is 5.96. The lowest BCUT2D eigenvalue weighted by atomic mass is 10.1. The summed E-state index contributed by atoms with van der Waals surface area (Å²) in [6.45, 7) is 0. The molecule has 0 atom stereocenters. The van der Waals surface area contributed by atoms with Gasteiger partial charge < -0.3 is 4.90 Å². The zero-order chi connectivity index (χ0) is 16.1. The highest BCUT2D eigenvalue weighted by atomic mass is 35.5. The van der Waals surface area contributed by atoms with E-state index >= 15 is 0 Å². The first-order valence-corrected chi connectivity index (χ1v) is 8.20. The van der Waals surface area contributed by atoms with Gasteiger partial charge in [0.2, 0.25) is 0 Å². The van der Waals surface area contributed by atoms with Crippen LogP contribution in [0.1, 0.15) is 5.56 Å². The summed E-state index contributed by atoms with van der Waals surface area (Å²) in [7, 11) is 0. The van der Waals surface area contributed by atoms with Gasteiger partial charge in [-0.25, -0.2) is 0 Å². The van der Waals surface area contributed by atoms with Crippen LogP contribution in [0.5, 0.6) is 0 Å². The molecule has 0 amide bonds. The van der Waals surface area contributed by atoms with Crippen LogP contribution in [-0.2, 0) is 6.42 Å². The molecule has 0 radical (unpaired) electrons. The highest BCUT2D eigenvalue weighted by Gasteiger charge is 2.14. The number of para-hydroxylation sites is 2. The van der Waals surface area contributed by atoms with Crippen molar-refractivity contribution < 1.29 is 0 Å². The Hall–Kier alpha value is -2.16. The van der Waals surface area contributed by atoms with E-state index in [4.69, 9.17) is 23.8 Å². The quantitative estimate of drug-likeness (QED) is 0.533. The summed E-state index contributed by atoms with van der Waals surface area (Å²) < 4.78 is 0. The first-order chi connectivity index (χ1) is 11.2. The molecule has 3 aromatic carbocycles. The van der Waals surface area contributed by atoms with Gasteiger partial charge in [0.15, 0.2) is 0 Å². The molecule has 0 spiro atoms. The summed E-state index contributed by atoms with van der Waals surface area (Å²) in [6, 6.07) is 28.2. The minimum Gasteiger partial charge on any atom is -0.304 e. The number of rotatable bonds is 4. The molecular weight excluding hydrogens is 322 g/mol. The van der Waals surface area contributed by atoms with Crippen LogP contribution in [0.2, 0.25) is 5.02 Å². The van der Waals surface area contributed by atoms with Crippen molar-refractivity contribution in [2.45, 2.75) is 6.42 Å². The van der Waals surface area contributed by atoms with E-state index in [1.54, 1.807) is 0 Å². The third-order valence-electron chi connectivity index (χ3n) is 3.55. The second-order valence-corrected chi connectivity index (χ2v) is 6.11. The van der Waals surface area contributed by atoms with Gasteiger partial charge in [-0.05, 0) is 42.0 Å². The number of thiocarbonyl (C=S) groups is 1. The number of hydrogen-bond donors (Lipinski definition) is 0. The first kappa shape index (κ1) is 15.7. The third kappa shape index (κ3) is 3.98. The molecule has 0 saturated heterocycles. The monoisotopic (exact) mass is 337 g/mol. The van der Waals surface area contributed by atoms with Gasteiger partial charge in [-0.1, -0.05) is 72.3 Å². The average Bonchev–Trinajstić information content (AvgIpc) is 2.59. The van der Waals surface area contributed by atoms with Crippen LogP contribution in [0, 0.1) is 0 Å². The van der Waals surface area contributed by atoms with E-state index < -0.39 is 0 Å². The molecule has 0 aromatic heterocycles. The van der Waals surface area contributed by atoms with Crippen LogP contribution in [0.25, 0.3) is 0 Å². The molecule has 0 bridgehead atoms. The lowest BCUT2D eigenvalue weighted by Crippen LogP contribution is -2.25. The van der Waals surface area contributed by atoms with E-state index in [0.29, 0.717) is 6.42 Å². The molecule has 3 rings (SSSR count). The molecule has 3 aromatic rings. The van der Waals surface area contributed by atoms with Crippen molar-refractivity contribution in [1.82, 2.24) is 0 Å². The number of anilines is 2. The molecule has 0 saturated carbocycles. The largest absolute Gasteiger partial charge is 0.304 e. The van der Waals surface area contributed by atoms with E-state index in [2.05, 4.69) is 29.2 Å². The smallest absolute Gasteiger partial charge is 0.0913 e. The minimum absolute atomic E-state index is 0.691. The maximum Gasteiger partial charge on any atom is 0.0913 e. The topological polar surface area (TPSA) is 3.24 Å². The zero-order valence-corrected chi connectivity index (χ0v) is 14.1. The van der Waals surface area contributed by atoms with Crippen LogP contribution >= 0.6 is 23.8 Å². The number of halogens is 1. The Morgan fingerprint density at radius 3 is 1.70 bits per heavy atom. The van der Waals surface area contributed by atoms with Crippen molar-refractivity contribution in [2.24, 2.45) is 0 Å². The Morgan fingerprint density at radius 2 is 1.22 bits per heavy atom. The SMILES string of the molecule is S=C(Cc1ccc(Cl)cc1)N(c1ccccc1)c1ccccc1. The van der Waals surface area contributed by atoms with Crippen molar-refractivity contribution >= 4 is 40.2 Å². The van der Waals surface area contributed by atoms with Crippen molar-refractivity contribution in [1.29, 1.82) is 0 Å². The van der Waals surface area contributed by atoms with E-state index in [0.717, 1.165) is 26.9 Å². The van der Waals surface area contributed by atoms with Crippen LogP contribution in [0.3, 0.4) is 0 Å². The molecule has 0 aliphatic carbocycles. The van der Waals surface area contributed by atoms with Gasteiger partial charge in [0.1, 0.15) is 0 Å². The van der Waals surface area contributed by atoms with Gasteiger partial charge in [-0.3, -0.25) is 0 Å². The van der Waals surface area contributed by atoms with Crippen molar-refractivity contribution in [2.75, 3.05) is 4.90 Å². The van der Waals surface area contributed by atoms with Gasteiger partial charge in [0.25, 0.3) is 0 Å². The molecule has 0 aliphatic heterocycles. The van der Waals surface area contributed by atoms with Crippen molar-refractivity contribution in [3.8, 4) is 0 Å². The molecule has 1 nitrogen and oxygen atoms in total. The summed E-state index contributed by atoms with van der Waals surface area (Å²) >= 11 is 11.7. The Labute approximate surface area is 147 Å². The Balaban J connectivity index is 1.92. The van der Waals surface area contributed by atoms with Crippen LogP contribution in [0.15, 0.2) is 84.9 Å². The molecule has 0 N–H and O–H groups in total. The molecule has 3 heteroatoms. The Bertz CT molecular complexity index is 730. The summed E-state index contributed by atoms with van der Waals surface area (Å²) in [4.78, 5) is 2.97. The molecule has 0 unspecified atom stereocenters. The van der Waals surface area contributed by atoms with E-state index in [1.165, 1.54) is 0 Å². The molecule has 0 aliphatic rings. The minimum atomic E-state index is 0.691. The molecule has 114 valence electrons. The van der Waals surface area contributed by atoms with Gasteiger partial charge in [0.05, 0.1) is 4.99 Å². The maximum atomic E-state index is 5.96. The van der Waals surface area contributed by atoms with Crippen LogP contribution in [0.4, 0.5) is 11.4 Å². The normalized spacial score (nSPS) is 10.3. The predicted octanol–water partition coefficient (Wildman–Crippen LogP) is 6.05. The number of hydrogen-bond acceptors (Lipinski definition) is 1. The van der Waals surface area contributed by atoms with Gasteiger partial charge in [-0.15, -0.1) is 0 Å². The lowest BCUT2D eigenvalue weighted by molar-refractivity contribution is 1.26. The summed E-state index contributed by atoms with van der Waals surface area (Å²) in [6.07, 6.45) is 0.691.